The molecular formula is C11H18N2O11P2. The molecule has 0 amide bonds. The molecule has 148 valence electrons. The molecule has 0 spiro atoms. The van der Waals surface area contributed by atoms with E-state index in [4.69, 9.17) is 24.7 Å². The van der Waals surface area contributed by atoms with Gasteiger partial charge in [0.05, 0.1) is 18.9 Å². The standard InChI is InChI=1S/C11H18N2O11P2/c1-6-10(14)8(7(2-12-6)4-23-25(17,18)19)3-13-9(11(15)16)5-24-26(20,21)22/h2,9,13-14H,3-5H2,1H3,(H,15,16)(H2,17,18,19)(H2,20,21,22)/t9-/m0/s1. The molecule has 15 heteroatoms. The number of aromatic hydroxyl groups is 1. The molecular weight excluding hydrogens is 398 g/mol. The number of aryl methyl sites for hydroxylation is 1. The van der Waals surface area contributed by atoms with Crippen molar-refractivity contribution >= 4 is 21.6 Å². The van der Waals surface area contributed by atoms with Crippen LogP contribution >= 0.6 is 15.6 Å². The molecule has 1 atom stereocenters. The molecule has 0 aromatic carbocycles. The molecule has 0 saturated carbocycles. The maximum atomic E-state index is 11.1. The highest BCUT2D eigenvalue weighted by Gasteiger charge is 2.24. The maximum absolute atomic E-state index is 11.1. The normalized spacial score (nSPS) is 13.6. The van der Waals surface area contributed by atoms with Gasteiger partial charge in [-0.1, -0.05) is 0 Å². The predicted molar refractivity (Wildman–Crippen MR) is 83.7 cm³/mol. The largest absolute Gasteiger partial charge is 0.506 e. The molecule has 1 rings (SSSR count). The van der Waals surface area contributed by atoms with E-state index in [0.717, 1.165) is 0 Å². The van der Waals surface area contributed by atoms with Crippen molar-refractivity contribution in [3.63, 3.8) is 0 Å². The smallest absolute Gasteiger partial charge is 0.469 e. The van der Waals surface area contributed by atoms with Crippen LogP contribution in [0.15, 0.2) is 6.20 Å². The van der Waals surface area contributed by atoms with E-state index < -0.39 is 40.9 Å². The van der Waals surface area contributed by atoms with E-state index in [-0.39, 0.29) is 29.1 Å². The summed E-state index contributed by atoms with van der Waals surface area (Å²) in [5.41, 5.74) is 0.289. The SMILES string of the molecule is Cc1ncc(COP(=O)(O)O)c(CN[C@@H](COP(=O)(O)O)C(=O)O)c1O. The van der Waals surface area contributed by atoms with Gasteiger partial charge in [-0.2, -0.15) is 0 Å². The van der Waals surface area contributed by atoms with Crippen LogP contribution in [0.25, 0.3) is 0 Å². The number of carbonyl (C=O) groups is 1. The Morgan fingerprint density at radius 1 is 1.23 bits per heavy atom. The van der Waals surface area contributed by atoms with E-state index in [1.807, 2.05) is 0 Å². The Bertz CT molecular complexity index is 744. The second-order valence-corrected chi connectivity index (χ2v) is 7.50. The third-order valence-electron chi connectivity index (χ3n) is 3.05. The summed E-state index contributed by atoms with van der Waals surface area (Å²) in [6.07, 6.45) is 1.18. The van der Waals surface area contributed by atoms with Crippen LogP contribution in [-0.4, -0.2) is 53.4 Å². The molecule has 0 unspecified atom stereocenters. The molecule has 0 bridgehead atoms. The highest BCUT2D eigenvalue weighted by Crippen LogP contribution is 2.38. The summed E-state index contributed by atoms with van der Waals surface area (Å²) in [7, 11) is -9.67. The van der Waals surface area contributed by atoms with Gasteiger partial charge in [0.2, 0.25) is 0 Å². The molecule has 0 aliphatic carbocycles. The lowest BCUT2D eigenvalue weighted by atomic mass is 10.1. The Labute approximate surface area is 147 Å². The number of hydrogen-bond acceptors (Lipinski definition) is 8. The first kappa shape index (κ1) is 22.6. The fourth-order valence-electron chi connectivity index (χ4n) is 1.77. The number of aromatic nitrogens is 1. The summed E-state index contributed by atoms with van der Waals surface area (Å²) in [6.45, 7) is -0.369. The van der Waals surface area contributed by atoms with Gasteiger partial charge in [-0.3, -0.25) is 24.1 Å². The number of pyridine rings is 1. The molecule has 0 radical (unpaired) electrons. The molecule has 1 aromatic heterocycles. The lowest BCUT2D eigenvalue weighted by Gasteiger charge is -2.18. The minimum Gasteiger partial charge on any atom is -0.506 e. The molecule has 0 aliphatic rings. The van der Waals surface area contributed by atoms with Crippen LogP contribution < -0.4 is 5.32 Å². The third kappa shape index (κ3) is 7.87. The van der Waals surface area contributed by atoms with Gasteiger partial charge in [-0.05, 0) is 6.92 Å². The number of carboxylic acid groups (broad SMARTS) is 1. The van der Waals surface area contributed by atoms with Crippen LogP contribution in [-0.2, 0) is 36.1 Å². The average molecular weight is 416 g/mol. The number of phosphoric ester groups is 2. The summed E-state index contributed by atoms with van der Waals surface area (Å²) in [6, 6.07) is -1.54. The van der Waals surface area contributed by atoms with Crippen molar-refractivity contribution in [2.45, 2.75) is 26.1 Å². The van der Waals surface area contributed by atoms with E-state index in [2.05, 4.69) is 19.3 Å². The lowest BCUT2D eigenvalue weighted by Crippen LogP contribution is -2.40. The summed E-state index contributed by atoms with van der Waals surface area (Å²) in [4.78, 5) is 49.7. The van der Waals surface area contributed by atoms with Crippen molar-refractivity contribution in [1.29, 1.82) is 0 Å². The molecule has 0 aliphatic heterocycles. The molecule has 1 heterocycles. The summed E-state index contributed by atoms with van der Waals surface area (Å²) >= 11 is 0. The minimum absolute atomic E-state index is 0.0494. The van der Waals surface area contributed by atoms with Gasteiger partial charge >= 0.3 is 21.6 Å². The van der Waals surface area contributed by atoms with Gasteiger partial charge < -0.3 is 29.8 Å². The number of phosphoric acid groups is 2. The quantitative estimate of drug-likeness (QED) is 0.236. The number of aliphatic carboxylic acids is 1. The van der Waals surface area contributed by atoms with Gasteiger partial charge in [0.15, 0.2) is 0 Å². The van der Waals surface area contributed by atoms with Crippen LogP contribution in [0.2, 0.25) is 0 Å². The van der Waals surface area contributed by atoms with Crippen molar-refractivity contribution in [1.82, 2.24) is 10.3 Å². The Hall–Kier alpha value is -1.40. The molecule has 7 N–H and O–H groups in total. The van der Waals surface area contributed by atoms with Crippen molar-refractivity contribution in [2.75, 3.05) is 6.61 Å². The van der Waals surface area contributed by atoms with Crippen molar-refractivity contribution < 1.29 is 52.8 Å². The second kappa shape index (κ2) is 9.00. The van der Waals surface area contributed by atoms with Gasteiger partial charge in [-0.15, -0.1) is 0 Å². The highest BCUT2D eigenvalue weighted by atomic mass is 31.2. The Morgan fingerprint density at radius 2 is 1.81 bits per heavy atom. The topological polar surface area (TPSA) is 216 Å². The Balaban J connectivity index is 2.95. The third-order valence-corrected chi connectivity index (χ3v) is 4.00. The molecule has 26 heavy (non-hydrogen) atoms. The van der Waals surface area contributed by atoms with Gasteiger partial charge in [-0.25, -0.2) is 9.13 Å². The lowest BCUT2D eigenvalue weighted by molar-refractivity contribution is -0.140. The fraction of sp³-hybridized carbons (Fsp3) is 0.455. The molecule has 1 aromatic rings. The first-order chi connectivity index (χ1) is 11.8. The fourth-order valence-corrected chi connectivity index (χ4v) is 2.42. The Morgan fingerprint density at radius 3 is 2.31 bits per heavy atom. The van der Waals surface area contributed by atoms with E-state index in [9.17, 15) is 19.0 Å². The van der Waals surface area contributed by atoms with Crippen LogP contribution in [0.5, 0.6) is 5.75 Å². The molecule has 0 fully saturated rings. The predicted octanol–water partition coefficient (Wildman–Crippen LogP) is -0.643. The molecule has 0 saturated heterocycles. The monoisotopic (exact) mass is 416 g/mol. The van der Waals surface area contributed by atoms with Crippen molar-refractivity contribution in [3.8, 4) is 5.75 Å². The van der Waals surface area contributed by atoms with Crippen LogP contribution in [0, 0.1) is 6.92 Å². The van der Waals surface area contributed by atoms with Gasteiger partial charge in [0, 0.05) is 23.9 Å². The van der Waals surface area contributed by atoms with Gasteiger partial charge in [0.25, 0.3) is 0 Å². The number of carboxylic acids is 1. The van der Waals surface area contributed by atoms with Crippen molar-refractivity contribution in [3.05, 3.63) is 23.0 Å². The van der Waals surface area contributed by atoms with Crippen LogP contribution in [0.3, 0.4) is 0 Å². The number of rotatable bonds is 10. The number of nitrogens with zero attached hydrogens (tertiary/aromatic N) is 1. The van der Waals surface area contributed by atoms with E-state index in [0.29, 0.717) is 0 Å². The highest BCUT2D eigenvalue weighted by molar-refractivity contribution is 7.46. The zero-order valence-electron chi connectivity index (χ0n) is 13.3. The van der Waals surface area contributed by atoms with E-state index >= 15 is 0 Å². The van der Waals surface area contributed by atoms with Gasteiger partial charge in [0.1, 0.15) is 11.8 Å². The zero-order chi connectivity index (χ0) is 20.1. The van der Waals surface area contributed by atoms with Crippen LogP contribution in [0.1, 0.15) is 16.8 Å². The number of nitrogens with one attached hydrogen (secondary N) is 1. The number of hydrogen-bond donors (Lipinski definition) is 7. The van der Waals surface area contributed by atoms with E-state index in [1.54, 1.807) is 0 Å². The second-order valence-electron chi connectivity index (χ2n) is 5.02. The first-order valence-corrected chi connectivity index (χ1v) is 9.89. The first-order valence-electron chi connectivity index (χ1n) is 6.83. The average Bonchev–Trinajstić information content (AvgIpc) is 2.47. The van der Waals surface area contributed by atoms with Crippen molar-refractivity contribution in [2.24, 2.45) is 0 Å². The van der Waals surface area contributed by atoms with E-state index in [1.165, 1.54) is 13.1 Å². The Kier molecular flexibility index (Phi) is 7.84. The maximum Gasteiger partial charge on any atom is 0.469 e. The molecule has 13 nitrogen and oxygen atoms in total. The summed E-state index contributed by atoms with van der Waals surface area (Å²) in [5, 5.41) is 21.5. The summed E-state index contributed by atoms with van der Waals surface area (Å²) < 4.78 is 30.0. The summed E-state index contributed by atoms with van der Waals surface area (Å²) in [5.74, 6) is -1.83. The minimum atomic E-state index is -4.88. The zero-order valence-corrected chi connectivity index (χ0v) is 15.1. The van der Waals surface area contributed by atoms with Crippen LogP contribution in [0.4, 0.5) is 0 Å².